The van der Waals surface area contributed by atoms with E-state index in [1.807, 2.05) is 0 Å². The molecule has 0 aliphatic carbocycles. The van der Waals surface area contributed by atoms with Crippen molar-refractivity contribution >= 4 is 5.83 Å². The highest BCUT2D eigenvalue weighted by molar-refractivity contribution is 5.59. The highest BCUT2D eigenvalue weighted by Crippen LogP contribution is 2.28. The molecule has 0 bridgehead atoms. The fourth-order valence-electron chi connectivity index (χ4n) is 0.869. The van der Waals surface area contributed by atoms with E-state index in [2.05, 4.69) is 0 Å². The number of benzene rings is 1. The van der Waals surface area contributed by atoms with E-state index in [0.717, 1.165) is 0 Å². The van der Waals surface area contributed by atoms with E-state index in [9.17, 15) is 30.7 Å². The molecule has 0 heterocycles. The fraction of sp³-hybridized carbons (Fsp3) is 0. The van der Waals surface area contributed by atoms with Crippen LogP contribution in [0.3, 0.4) is 0 Å². The minimum atomic E-state index is -2.43. The summed E-state index contributed by atoms with van der Waals surface area (Å²) in [5.41, 5.74) is -1.92. The first-order valence-electron chi connectivity index (χ1n) is 3.39. The third kappa shape index (κ3) is 1.69. The van der Waals surface area contributed by atoms with E-state index in [0.29, 0.717) is 0 Å². The van der Waals surface area contributed by atoms with Crippen molar-refractivity contribution in [2.75, 3.05) is 0 Å². The van der Waals surface area contributed by atoms with Crippen LogP contribution in [0.25, 0.3) is 5.83 Å². The smallest absolute Gasteiger partial charge is 0.200 e. The molecule has 1 aromatic carbocycles. The van der Waals surface area contributed by atoms with Gasteiger partial charge in [0, 0.05) is 0 Å². The van der Waals surface area contributed by atoms with Gasteiger partial charge in [-0.15, -0.1) is 0 Å². The standard InChI is InChI=1S/C8HF7/c9-1-2(10)3-4(11)6(13)8(15)7(14)5(3)12/h1H. The molecule has 1 aromatic rings. The van der Waals surface area contributed by atoms with E-state index >= 15 is 0 Å². The monoisotopic (exact) mass is 230 g/mol. The van der Waals surface area contributed by atoms with E-state index in [1.165, 1.54) is 0 Å². The number of rotatable bonds is 1. The molecule has 0 aliphatic rings. The third-order valence-electron chi connectivity index (χ3n) is 1.54. The van der Waals surface area contributed by atoms with Crippen LogP contribution in [0.5, 0.6) is 0 Å². The molecule has 0 nitrogen and oxygen atoms in total. The summed E-state index contributed by atoms with van der Waals surface area (Å²) in [7, 11) is 0. The van der Waals surface area contributed by atoms with Crippen molar-refractivity contribution in [2.24, 2.45) is 0 Å². The minimum absolute atomic E-state index is 0.904. The Labute approximate surface area is 78.6 Å². The summed E-state index contributed by atoms with van der Waals surface area (Å²) in [5.74, 6) is -14.1. The van der Waals surface area contributed by atoms with Crippen LogP contribution >= 0.6 is 0 Å². The van der Waals surface area contributed by atoms with Crippen LogP contribution in [0.2, 0.25) is 0 Å². The van der Waals surface area contributed by atoms with Crippen LogP contribution in [-0.4, -0.2) is 0 Å². The lowest BCUT2D eigenvalue weighted by atomic mass is 10.1. The van der Waals surface area contributed by atoms with Gasteiger partial charge in [0.05, 0.1) is 5.56 Å². The van der Waals surface area contributed by atoms with Crippen LogP contribution in [0.4, 0.5) is 30.7 Å². The van der Waals surface area contributed by atoms with E-state index in [1.54, 1.807) is 0 Å². The predicted octanol–water partition coefficient (Wildman–Crippen LogP) is 3.62. The van der Waals surface area contributed by atoms with Crippen LogP contribution in [0, 0.1) is 29.1 Å². The van der Waals surface area contributed by atoms with Gasteiger partial charge in [-0.3, -0.25) is 0 Å². The molecule has 0 radical (unpaired) electrons. The molecule has 7 heteroatoms. The zero-order valence-corrected chi connectivity index (χ0v) is 6.72. The molecule has 0 spiro atoms. The van der Waals surface area contributed by atoms with Crippen molar-refractivity contribution in [1.82, 2.24) is 0 Å². The second kappa shape index (κ2) is 3.92. The van der Waals surface area contributed by atoms with Crippen molar-refractivity contribution in [2.45, 2.75) is 0 Å². The molecule has 0 N–H and O–H groups in total. The number of halogens is 7. The van der Waals surface area contributed by atoms with E-state index in [4.69, 9.17) is 0 Å². The summed E-state index contributed by atoms with van der Waals surface area (Å²) >= 11 is 0. The normalized spacial score (nSPS) is 12.1. The van der Waals surface area contributed by atoms with Gasteiger partial charge in [-0.25, -0.2) is 30.7 Å². The van der Waals surface area contributed by atoms with Crippen molar-refractivity contribution in [3.63, 3.8) is 0 Å². The van der Waals surface area contributed by atoms with Crippen molar-refractivity contribution < 1.29 is 30.7 Å². The lowest BCUT2D eigenvalue weighted by molar-refractivity contribution is 0.374. The maximum atomic E-state index is 12.7. The number of hydrogen-bond donors (Lipinski definition) is 0. The average molecular weight is 230 g/mol. The average Bonchev–Trinajstić information content (AvgIpc) is 2.23. The highest BCUT2D eigenvalue weighted by Gasteiger charge is 2.27. The summed E-state index contributed by atoms with van der Waals surface area (Å²) in [6, 6.07) is 0. The van der Waals surface area contributed by atoms with Gasteiger partial charge in [-0.2, -0.15) is 0 Å². The van der Waals surface area contributed by atoms with Crippen LogP contribution in [0.1, 0.15) is 5.56 Å². The first kappa shape index (κ1) is 11.5. The molecule has 0 aliphatic heterocycles. The van der Waals surface area contributed by atoms with Gasteiger partial charge < -0.3 is 0 Å². The minimum Gasteiger partial charge on any atom is -0.212 e. The topological polar surface area (TPSA) is 0 Å². The molecule has 0 unspecified atom stereocenters. The zero-order valence-electron chi connectivity index (χ0n) is 6.72. The Morgan fingerprint density at radius 3 is 1.40 bits per heavy atom. The summed E-state index contributed by atoms with van der Waals surface area (Å²) in [6.45, 7) is 0. The highest BCUT2D eigenvalue weighted by atomic mass is 19.2. The van der Waals surface area contributed by atoms with Gasteiger partial charge in [-0.1, -0.05) is 0 Å². The maximum absolute atomic E-state index is 12.7. The van der Waals surface area contributed by atoms with Gasteiger partial charge in [0.15, 0.2) is 29.1 Å². The molecule has 1 rings (SSSR count). The Morgan fingerprint density at radius 2 is 1.07 bits per heavy atom. The van der Waals surface area contributed by atoms with Crippen molar-refractivity contribution in [3.8, 4) is 0 Å². The van der Waals surface area contributed by atoms with Crippen LogP contribution in [0.15, 0.2) is 6.33 Å². The van der Waals surface area contributed by atoms with Crippen LogP contribution < -0.4 is 0 Å². The molecule has 15 heavy (non-hydrogen) atoms. The van der Waals surface area contributed by atoms with Gasteiger partial charge in [0.1, 0.15) is 6.33 Å². The Kier molecular flexibility index (Phi) is 3.01. The van der Waals surface area contributed by atoms with Crippen molar-refractivity contribution in [3.05, 3.63) is 41.0 Å². The Morgan fingerprint density at radius 1 is 0.733 bits per heavy atom. The maximum Gasteiger partial charge on any atom is 0.200 e. The molecule has 0 atom stereocenters. The quantitative estimate of drug-likeness (QED) is 0.392. The van der Waals surface area contributed by atoms with Gasteiger partial charge in [-0.05, 0) is 0 Å². The summed E-state index contributed by atoms with van der Waals surface area (Å²) < 4.78 is 86.6. The summed E-state index contributed by atoms with van der Waals surface area (Å²) in [6.07, 6.45) is -0.904. The Hall–Kier alpha value is -1.53. The Balaban J connectivity index is 3.67. The lowest BCUT2D eigenvalue weighted by Gasteiger charge is -2.04. The largest absolute Gasteiger partial charge is 0.212 e. The first-order valence-corrected chi connectivity index (χ1v) is 3.39. The molecule has 0 saturated heterocycles. The molecular weight excluding hydrogens is 229 g/mol. The summed E-state index contributed by atoms with van der Waals surface area (Å²) in [5, 5.41) is 0. The van der Waals surface area contributed by atoms with Gasteiger partial charge in [0.2, 0.25) is 5.82 Å². The fourth-order valence-corrected chi connectivity index (χ4v) is 0.869. The molecular formula is C8HF7. The molecule has 0 amide bonds. The van der Waals surface area contributed by atoms with E-state index < -0.39 is 46.8 Å². The second-order valence-electron chi connectivity index (χ2n) is 2.40. The predicted molar refractivity (Wildman–Crippen MR) is 36.4 cm³/mol. The molecule has 0 fully saturated rings. The van der Waals surface area contributed by atoms with Crippen LogP contribution in [-0.2, 0) is 0 Å². The molecule has 82 valence electrons. The lowest BCUT2D eigenvalue weighted by Crippen LogP contribution is -2.05. The molecule has 0 aromatic heterocycles. The zero-order chi connectivity index (χ0) is 11.7. The number of hydrogen-bond acceptors (Lipinski definition) is 0. The van der Waals surface area contributed by atoms with E-state index in [-0.39, 0.29) is 0 Å². The van der Waals surface area contributed by atoms with Gasteiger partial charge >= 0.3 is 0 Å². The van der Waals surface area contributed by atoms with Gasteiger partial charge in [0.25, 0.3) is 0 Å². The SMILES string of the molecule is FC=C(F)c1c(F)c(F)c(F)c(F)c1F. The first-order chi connectivity index (χ1) is 6.91. The molecule has 0 saturated carbocycles. The van der Waals surface area contributed by atoms with Crippen molar-refractivity contribution in [1.29, 1.82) is 0 Å². The summed E-state index contributed by atoms with van der Waals surface area (Å²) in [4.78, 5) is 0. The third-order valence-corrected chi connectivity index (χ3v) is 1.54. The Bertz CT molecular complexity index is 406. The second-order valence-corrected chi connectivity index (χ2v) is 2.40.